The third kappa shape index (κ3) is 2.18. The van der Waals surface area contributed by atoms with Crippen molar-refractivity contribution in [1.82, 2.24) is 4.98 Å². The summed E-state index contributed by atoms with van der Waals surface area (Å²) in [7, 11) is 1.69. The zero-order valence-electron chi connectivity index (χ0n) is 10.4. The number of nitrogen functional groups attached to an aromatic ring is 1. The largest absolute Gasteiger partial charge is 0.398 e. The van der Waals surface area contributed by atoms with E-state index in [0.717, 1.165) is 5.56 Å². The Morgan fingerprint density at radius 3 is 2.61 bits per heavy atom. The number of carbonyl (C=O) groups excluding carboxylic acids is 1. The summed E-state index contributed by atoms with van der Waals surface area (Å²) in [4.78, 5) is 18.0. The number of pyridine rings is 1. The monoisotopic (exact) mass is 241 g/mol. The second-order valence-electron chi connectivity index (χ2n) is 4.09. The first-order valence-electron chi connectivity index (χ1n) is 5.65. The molecule has 4 nitrogen and oxygen atoms in total. The fraction of sp³-hybridized carbons (Fsp3) is 0.143. The Morgan fingerprint density at radius 1 is 1.22 bits per heavy atom. The van der Waals surface area contributed by atoms with Gasteiger partial charge in [-0.1, -0.05) is 18.2 Å². The predicted molar refractivity (Wildman–Crippen MR) is 72.6 cm³/mol. The average molecular weight is 241 g/mol. The number of rotatable bonds is 2. The molecule has 2 aromatic rings. The molecule has 0 aliphatic heterocycles. The van der Waals surface area contributed by atoms with Crippen molar-refractivity contribution in [2.24, 2.45) is 0 Å². The number of carbonyl (C=O) groups is 1. The Bertz CT molecular complexity index is 546. The van der Waals surface area contributed by atoms with Crippen molar-refractivity contribution in [3.05, 3.63) is 53.7 Å². The molecular formula is C14H15N3O. The number of nitrogens with zero attached hydrogens (tertiary/aromatic N) is 2. The van der Waals surface area contributed by atoms with Gasteiger partial charge in [0.05, 0.1) is 5.56 Å². The third-order valence-electron chi connectivity index (χ3n) is 2.82. The second-order valence-corrected chi connectivity index (χ2v) is 4.09. The fourth-order valence-corrected chi connectivity index (χ4v) is 1.81. The van der Waals surface area contributed by atoms with Crippen LogP contribution in [0.4, 0.5) is 11.5 Å². The first kappa shape index (κ1) is 12.1. The van der Waals surface area contributed by atoms with Crippen LogP contribution in [-0.2, 0) is 0 Å². The van der Waals surface area contributed by atoms with Crippen LogP contribution in [0.2, 0.25) is 0 Å². The van der Waals surface area contributed by atoms with E-state index in [1.165, 1.54) is 4.90 Å². The molecule has 0 atom stereocenters. The molecule has 2 rings (SSSR count). The molecule has 0 aliphatic rings. The van der Waals surface area contributed by atoms with E-state index in [2.05, 4.69) is 4.98 Å². The van der Waals surface area contributed by atoms with Crippen LogP contribution >= 0.6 is 0 Å². The summed E-state index contributed by atoms with van der Waals surface area (Å²) in [5.41, 5.74) is 7.76. The second kappa shape index (κ2) is 4.87. The lowest BCUT2D eigenvalue weighted by Gasteiger charge is -2.18. The van der Waals surface area contributed by atoms with E-state index >= 15 is 0 Å². The number of nitrogens with two attached hydrogens (primary N) is 1. The number of hydrogen-bond acceptors (Lipinski definition) is 3. The van der Waals surface area contributed by atoms with E-state index in [1.807, 2.05) is 31.2 Å². The van der Waals surface area contributed by atoms with Crippen LogP contribution in [0.1, 0.15) is 15.9 Å². The van der Waals surface area contributed by atoms with Gasteiger partial charge in [-0.15, -0.1) is 0 Å². The zero-order chi connectivity index (χ0) is 13.1. The summed E-state index contributed by atoms with van der Waals surface area (Å²) < 4.78 is 0. The van der Waals surface area contributed by atoms with E-state index in [4.69, 9.17) is 5.73 Å². The van der Waals surface area contributed by atoms with Gasteiger partial charge < -0.3 is 5.73 Å². The lowest BCUT2D eigenvalue weighted by molar-refractivity contribution is 0.0992. The molecule has 2 N–H and O–H groups in total. The van der Waals surface area contributed by atoms with Crippen LogP contribution in [0.3, 0.4) is 0 Å². The van der Waals surface area contributed by atoms with Gasteiger partial charge in [0, 0.05) is 18.9 Å². The van der Waals surface area contributed by atoms with Crippen LogP contribution < -0.4 is 10.6 Å². The highest BCUT2D eigenvalue weighted by Gasteiger charge is 2.18. The lowest BCUT2D eigenvalue weighted by Crippen LogP contribution is -2.28. The summed E-state index contributed by atoms with van der Waals surface area (Å²) in [5, 5.41) is 0. The average Bonchev–Trinajstić information content (AvgIpc) is 2.38. The van der Waals surface area contributed by atoms with Crippen LogP contribution in [0.25, 0.3) is 0 Å². The van der Waals surface area contributed by atoms with Gasteiger partial charge in [0.25, 0.3) is 5.91 Å². The quantitative estimate of drug-likeness (QED) is 0.820. The minimum atomic E-state index is -0.149. The minimum Gasteiger partial charge on any atom is -0.398 e. The maximum Gasteiger partial charge on any atom is 0.261 e. The summed E-state index contributed by atoms with van der Waals surface area (Å²) in [5.74, 6) is 0.453. The topological polar surface area (TPSA) is 59.2 Å². The van der Waals surface area contributed by atoms with E-state index in [9.17, 15) is 4.79 Å². The molecule has 92 valence electrons. The molecule has 0 spiro atoms. The van der Waals surface area contributed by atoms with Gasteiger partial charge >= 0.3 is 0 Å². The highest BCUT2D eigenvalue weighted by molar-refractivity contribution is 6.09. The number of amides is 1. The first-order valence-corrected chi connectivity index (χ1v) is 5.65. The molecule has 1 amide bonds. The Hall–Kier alpha value is -2.36. The number of aromatic nitrogens is 1. The van der Waals surface area contributed by atoms with Crippen molar-refractivity contribution < 1.29 is 4.79 Å². The maximum absolute atomic E-state index is 12.4. The lowest BCUT2D eigenvalue weighted by atomic mass is 10.1. The van der Waals surface area contributed by atoms with Gasteiger partial charge in [0.2, 0.25) is 0 Å². The summed E-state index contributed by atoms with van der Waals surface area (Å²) in [6.07, 6.45) is 1.65. The summed E-state index contributed by atoms with van der Waals surface area (Å²) in [6, 6.07) is 10.9. The molecular weight excluding hydrogens is 226 g/mol. The van der Waals surface area contributed by atoms with Gasteiger partial charge in [-0.25, -0.2) is 4.98 Å². The summed E-state index contributed by atoms with van der Waals surface area (Å²) in [6.45, 7) is 1.87. The van der Waals surface area contributed by atoms with Crippen molar-refractivity contribution in [2.45, 2.75) is 6.92 Å². The van der Waals surface area contributed by atoms with Gasteiger partial charge in [0.1, 0.15) is 5.82 Å². The molecule has 0 unspecified atom stereocenters. The minimum absolute atomic E-state index is 0.149. The molecule has 0 fully saturated rings. The van der Waals surface area contributed by atoms with E-state index in [-0.39, 0.29) is 5.91 Å². The Labute approximate surface area is 106 Å². The smallest absolute Gasteiger partial charge is 0.261 e. The third-order valence-corrected chi connectivity index (χ3v) is 2.82. The number of benzene rings is 1. The van der Waals surface area contributed by atoms with Crippen LogP contribution in [0.15, 0.2) is 42.6 Å². The molecule has 4 heteroatoms. The Balaban J connectivity index is 2.38. The highest BCUT2D eigenvalue weighted by atomic mass is 16.2. The molecule has 0 bridgehead atoms. The van der Waals surface area contributed by atoms with Crippen molar-refractivity contribution >= 4 is 17.4 Å². The Kier molecular flexibility index (Phi) is 3.28. The Morgan fingerprint density at radius 2 is 2.00 bits per heavy atom. The van der Waals surface area contributed by atoms with Crippen LogP contribution in [0, 0.1) is 6.92 Å². The standard InChI is InChI=1S/C14H15N3O/c1-10-6-5-7-11(15)13(10)14(18)17(2)12-8-3-4-9-16-12/h3-9H,15H2,1-2H3. The molecule has 1 heterocycles. The molecule has 1 aromatic heterocycles. The maximum atomic E-state index is 12.4. The van der Waals surface area contributed by atoms with Crippen LogP contribution in [-0.4, -0.2) is 17.9 Å². The fourth-order valence-electron chi connectivity index (χ4n) is 1.81. The van der Waals surface area contributed by atoms with Crippen molar-refractivity contribution in [1.29, 1.82) is 0 Å². The number of anilines is 2. The van der Waals surface area contributed by atoms with Crippen LogP contribution in [0.5, 0.6) is 0 Å². The SMILES string of the molecule is Cc1cccc(N)c1C(=O)N(C)c1ccccn1. The number of hydrogen-bond donors (Lipinski definition) is 1. The predicted octanol–water partition coefficient (Wildman–Crippen LogP) is 2.25. The molecule has 0 aliphatic carbocycles. The molecule has 18 heavy (non-hydrogen) atoms. The van der Waals surface area contributed by atoms with Crippen molar-refractivity contribution in [3.8, 4) is 0 Å². The van der Waals surface area contributed by atoms with Crippen molar-refractivity contribution in [3.63, 3.8) is 0 Å². The number of aryl methyl sites for hydroxylation is 1. The summed E-state index contributed by atoms with van der Waals surface area (Å²) >= 11 is 0. The van der Waals surface area contributed by atoms with Gasteiger partial charge in [-0.3, -0.25) is 9.69 Å². The normalized spacial score (nSPS) is 10.1. The zero-order valence-corrected chi connectivity index (χ0v) is 10.4. The van der Waals surface area contributed by atoms with E-state index in [0.29, 0.717) is 17.1 Å². The molecule has 1 aromatic carbocycles. The molecule has 0 saturated carbocycles. The molecule has 0 radical (unpaired) electrons. The van der Waals surface area contributed by atoms with Gasteiger partial charge in [0.15, 0.2) is 0 Å². The van der Waals surface area contributed by atoms with E-state index < -0.39 is 0 Å². The highest BCUT2D eigenvalue weighted by Crippen LogP contribution is 2.20. The molecule has 0 saturated heterocycles. The van der Waals surface area contributed by atoms with Gasteiger partial charge in [-0.2, -0.15) is 0 Å². The van der Waals surface area contributed by atoms with Crippen molar-refractivity contribution in [2.75, 3.05) is 17.7 Å². The first-order chi connectivity index (χ1) is 8.61. The van der Waals surface area contributed by atoms with E-state index in [1.54, 1.807) is 25.4 Å². The van der Waals surface area contributed by atoms with Gasteiger partial charge in [-0.05, 0) is 30.7 Å².